The third kappa shape index (κ3) is 3.26. The first kappa shape index (κ1) is 14.3. The van der Waals surface area contributed by atoms with Crippen LogP contribution in [0.5, 0.6) is 0 Å². The maximum absolute atomic E-state index is 13.5. The smallest absolute Gasteiger partial charge is 0.142 e. The van der Waals surface area contributed by atoms with Gasteiger partial charge >= 0.3 is 0 Å². The van der Waals surface area contributed by atoms with E-state index in [4.69, 9.17) is 23.2 Å². The zero-order valence-corrected chi connectivity index (χ0v) is 12.1. The van der Waals surface area contributed by atoms with E-state index < -0.39 is 5.82 Å². The number of rotatable bonds is 4. The van der Waals surface area contributed by atoms with Crippen molar-refractivity contribution in [2.24, 2.45) is 0 Å². The number of hydrogen-bond donors (Lipinski definition) is 2. The minimum atomic E-state index is -0.472. The molecule has 6 heteroatoms. The van der Waals surface area contributed by atoms with Gasteiger partial charge in [0.2, 0.25) is 0 Å². The lowest BCUT2D eigenvalue weighted by atomic mass is 10.1. The van der Waals surface area contributed by atoms with E-state index >= 15 is 0 Å². The van der Waals surface area contributed by atoms with Crippen molar-refractivity contribution in [2.45, 2.75) is 25.9 Å². The molecule has 0 bridgehead atoms. The molecule has 0 saturated carbocycles. The third-order valence-electron chi connectivity index (χ3n) is 2.94. The molecule has 0 fully saturated rings. The summed E-state index contributed by atoms with van der Waals surface area (Å²) in [6.45, 7) is 3.88. The van der Waals surface area contributed by atoms with Crippen LogP contribution in [0.25, 0.3) is 0 Å². The number of benzene rings is 1. The summed E-state index contributed by atoms with van der Waals surface area (Å²) < 4.78 is 13.5. The molecule has 0 aliphatic carbocycles. The molecule has 2 aromatic rings. The molecule has 0 aliphatic rings. The fourth-order valence-corrected chi connectivity index (χ4v) is 2.47. The average Bonchev–Trinajstić information content (AvgIpc) is 2.87. The highest BCUT2D eigenvalue weighted by atomic mass is 35.5. The van der Waals surface area contributed by atoms with Gasteiger partial charge in [-0.1, -0.05) is 23.2 Å². The Hall–Kier alpha value is -1.10. The Morgan fingerprint density at radius 1 is 1.21 bits per heavy atom. The number of imidazole rings is 1. The summed E-state index contributed by atoms with van der Waals surface area (Å²) in [7, 11) is 0. The van der Waals surface area contributed by atoms with Gasteiger partial charge in [-0.3, -0.25) is 0 Å². The van der Waals surface area contributed by atoms with Crippen LogP contribution in [0.4, 0.5) is 4.39 Å². The van der Waals surface area contributed by atoms with E-state index in [9.17, 15) is 4.39 Å². The number of H-pyrrole nitrogens is 1. The highest BCUT2D eigenvalue weighted by Crippen LogP contribution is 2.29. The summed E-state index contributed by atoms with van der Waals surface area (Å²) in [6.07, 6.45) is 3.44. The lowest BCUT2D eigenvalue weighted by Crippen LogP contribution is -2.23. The van der Waals surface area contributed by atoms with Crippen LogP contribution in [0.2, 0.25) is 10.0 Å². The number of aromatic nitrogens is 2. The standard InChI is InChI=1S/C13H14Cl2FN3/c1-7(19-8(2)13-17-3-4-18-13)9-5-12(16)11(15)6-10(9)14/h3-8,19H,1-2H3,(H,17,18). The summed E-state index contributed by atoms with van der Waals surface area (Å²) in [4.78, 5) is 7.20. The van der Waals surface area contributed by atoms with Crippen LogP contribution >= 0.6 is 23.2 Å². The first-order valence-electron chi connectivity index (χ1n) is 5.88. The SMILES string of the molecule is CC(NC(C)c1cc(F)c(Cl)cc1Cl)c1ncc[nH]1. The van der Waals surface area contributed by atoms with Crippen molar-refractivity contribution in [2.75, 3.05) is 0 Å². The maximum atomic E-state index is 13.5. The first-order chi connectivity index (χ1) is 8.99. The molecule has 1 heterocycles. The van der Waals surface area contributed by atoms with E-state index in [1.54, 1.807) is 12.4 Å². The molecule has 0 radical (unpaired) electrons. The molecule has 0 spiro atoms. The fourth-order valence-electron chi connectivity index (χ4n) is 1.93. The van der Waals surface area contributed by atoms with E-state index in [2.05, 4.69) is 15.3 Å². The van der Waals surface area contributed by atoms with Gasteiger partial charge in [0.05, 0.1) is 11.1 Å². The number of nitrogens with zero attached hydrogens (tertiary/aromatic N) is 1. The monoisotopic (exact) mass is 301 g/mol. The van der Waals surface area contributed by atoms with Crippen molar-refractivity contribution in [1.29, 1.82) is 0 Å². The molecule has 1 aromatic carbocycles. The summed E-state index contributed by atoms with van der Waals surface area (Å²) in [5, 5.41) is 3.77. The van der Waals surface area contributed by atoms with Crippen LogP contribution in [0, 0.1) is 5.82 Å². The summed E-state index contributed by atoms with van der Waals surface area (Å²) in [5.41, 5.74) is 0.668. The fraction of sp³-hybridized carbons (Fsp3) is 0.308. The van der Waals surface area contributed by atoms with Gasteiger partial charge in [0.25, 0.3) is 0 Å². The number of halogens is 3. The van der Waals surface area contributed by atoms with Gasteiger partial charge in [0.1, 0.15) is 11.6 Å². The zero-order valence-electron chi connectivity index (χ0n) is 10.5. The topological polar surface area (TPSA) is 40.7 Å². The minimum absolute atomic E-state index is 0.000180. The Kier molecular flexibility index (Phi) is 4.45. The van der Waals surface area contributed by atoms with Gasteiger partial charge in [0, 0.05) is 23.5 Å². The Labute approximate surface area is 121 Å². The molecule has 0 saturated heterocycles. The highest BCUT2D eigenvalue weighted by molar-refractivity contribution is 6.35. The average molecular weight is 302 g/mol. The Morgan fingerprint density at radius 2 is 1.95 bits per heavy atom. The van der Waals surface area contributed by atoms with Crippen molar-refractivity contribution in [3.8, 4) is 0 Å². The maximum Gasteiger partial charge on any atom is 0.142 e. The molecule has 1 aromatic heterocycles. The van der Waals surface area contributed by atoms with E-state index in [1.807, 2.05) is 13.8 Å². The Balaban J connectivity index is 2.16. The quantitative estimate of drug-likeness (QED) is 0.828. The summed E-state index contributed by atoms with van der Waals surface area (Å²) >= 11 is 11.8. The Bertz CT molecular complexity index is 557. The predicted molar refractivity (Wildman–Crippen MR) is 75.0 cm³/mol. The third-order valence-corrected chi connectivity index (χ3v) is 3.55. The molecule has 2 N–H and O–H groups in total. The summed E-state index contributed by atoms with van der Waals surface area (Å²) in [6, 6.07) is 2.65. The Morgan fingerprint density at radius 3 is 2.58 bits per heavy atom. The number of aromatic amines is 1. The summed E-state index contributed by atoms with van der Waals surface area (Å²) in [5.74, 6) is 0.345. The van der Waals surface area contributed by atoms with Crippen LogP contribution < -0.4 is 5.32 Å². The lowest BCUT2D eigenvalue weighted by Gasteiger charge is -2.20. The highest BCUT2D eigenvalue weighted by Gasteiger charge is 2.17. The molecular weight excluding hydrogens is 288 g/mol. The molecule has 2 rings (SSSR count). The molecule has 102 valence electrons. The molecule has 19 heavy (non-hydrogen) atoms. The minimum Gasteiger partial charge on any atom is -0.347 e. The lowest BCUT2D eigenvalue weighted by molar-refractivity contribution is 0.477. The molecule has 2 unspecified atom stereocenters. The molecular formula is C13H14Cl2FN3. The van der Waals surface area contributed by atoms with Gasteiger partial charge in [-0.2, -0.15) is 0 Å². The van der Waals surface area contributed by atoms with Crippen molar-refractivity contribution in [1.82, 2.24) is 15.3 Å². The second-order valence-corrected chi connectivity index (χ2v) is 5.19. The largest absolute Gasteiger partial charge is 0.347 e. The van der Waals surface area contributed by atoms with E-state index in [-0.39, 0.29) is 17.1 Å². The van der Waals surface area contributed by atoms with E-state index in [1.165, 1.54) is 12.1 Å². The van der Waals surface area contributed by atoms with E-state index in [0.29, 0.717) is 10.6 Å². The van der Waals surface area contributed by atoms with Gasteiger partial charge < -0.3 is 10.3 Å². The van der Waals surface area contributed by atoms with Gasteiger partial charge in [-0.05, 0) is 31.5 Å². The van der Waals surface area contributed by atoms with Crippen molar-refractivity contribution in [3.63, 3.8) is 0 Å². The predicted octanol–water partition coefficient (Wildman–Crippen LogP) is 4.27. The number of nitrogens with one attached hydrogen (secondary N) is 2. The number of hydrogen-bond acceptors (Lipinski definition) is 2. The normalized spacial score (nSPS) is 14.4. The second-order valence-electron chi connectivity index (χ2n) is 4.37. The van der Waals surface area contributed by atoms with Crippen molar-refractivity contribution in [3.05, 3.63) is 51.8 Å². The molecule has 2 atom stereocenters. The van der Waals surface area contributed by atoms with Crippen LogP contribution in [-0.4, -0.2) is 9.97 Å². The van der Waals surface area contributed by atoms with Gasteiger partial charge in [0.15, 0.2) is 0 Å². The van der Waals surface area contributed by atoms with Crippen molar-refractivity contribution < 1.29 is 4.39 Å². The van der Waals surface area contributed by atoms with E-state index in [0.717, 1.165) is 5.82 Å². The molecule has 0 amide bonds. The second kappa shape index (κ2) is 5.90. The first-order valence-corrected chi connectivity index (χ1v) is 6.64. The zero-order chi connectivity index (χ0) is 14.0. The van der Waals surface area contributed by atoms with Gasteiger partial charge in [-0.25, -0.2) is 9.37 Å². The van der Waals surface area contributed by atoms with Crippen LogP contribution in [0.1, 0.15) is 37.3 Å². The van der Waals surface area contributed by atoms with Gasteiger partial charge in [-0.15, -0.1) is 0 Å². The van der Waals surface area contributed by atoms with Crippen LogP contribution in [0.15, 0.2) is 24.5 Å². The van der Waals surface area contributed by atoms with Crippen LogP contribution in [0.3, 0.4) is 0 Å². The van der Waals surface area contributed by atoms with Crippen LogP contribution in [-0.2, 0) is 0 Å². The molecule has 3 nitrogen and oxygen atoms in total. The van der Waals surface area contributed by atoms with Crippen molar-refractivity contribution >= 4 is 23.2 Å². The molecule has 0 aliphatic heterocycles.